The molecule has 0 N–H and O–H groups in total. The summed E-state index contributed by atoms with van der Waals surface area (Å²) in [6.07, 6.45) is 1.08. The van der Waals surface area contributed by atoms with Gasteiger partial charge in [-0.1, -0.05) is 13.8 Å². The van der Waals surface area contributed by atoms with Crippen LogP contribution in [0.1, 0.15) is 27.2 Å². The van der Waals surface area contributed by atoms with Gasteiger partial charge in [0.1, 0.15) is 5.78 Å². The minimum absolute atomic E-state index is 0.0139. The Morgan fingerprint density at radius 1 is 1.46 bits per heavy atom. The molecule has 2 unspecified atom stereocenters. The standard InChI is InChI=1S/C8H15NO2.C2H6/c1-6(10)8-7(11-3)4-5-9(8)2;1-2/h7-8H,4-5H2,1-3H3;1-2H3. The normalized spacial score (nSPS) is 28.1. The average molecular weight is 187 g/mol. The van der Waals surface area contributed by atoms with Crippen molar-refractivity contribution in [3.8, 4) is 0 Å². The Bertz CT molecular complexity index is 159. The number of hydrogen-bond donors (Lipinski definition) is 0. The molecule has 3 heteroatoms. The molecular formula is C10H21NO2. The van der Waals surface area contributed by atoms with E-state index in [9.17, 15) is 4.79 Å². The minimum atomic E-state index is -0.0139. The van der Waals surface area contributed by atoms with Gasteiger partial charge in [0, 0.05) is 13.7 Å². The largest absolute Gasteiger partial charge is 0.379 e. The molecule has 1 fully saturated rings. The van der Waals surface area contributed by atoms with Crippen LogP contribution >= 0.6 is 0 Å². The van der Waals surface area contributed by atoms with Crippen molar-refractivity contribution in [2.75, 3.05) is 20.7 Å². The molecule has 1 aliphatic rings. The third-order valence-corrected chi connectivity index (χ3v) is 2.31. The summed E-state index contributed by atoms with van der Waals surface area (Å²) in [6, 6.07) is -0.0139. The van der Waals surface area contributed by atoms with Gasteiger partial charge >= 0.3 is 0 Å². The van der Waals surface area contributed by atoms with Crippen molar-refractivity contribution in [1.82, 2.24) is 4.90 Å². The van der Waals surface area contributed by atoms with Gasteiger partial charge in [-0.05, 0) is 20.4 Å². The maximum Gasteiger partial charge on any atom is 0.149 e. The molecule has 0 spiro atoms. The van der Waals surface area contributed by atoms with E-state index in [1.807, 2.05) is 20.9 Å². The second-order valence-electron chi connectivity index (χ2n) is 3.10. The number of likely N-dealkylation sites (N-methyl/N-ethyl adjacent to an activating group) is 1. The lowest BCUT2D eigenvalue weighted by Gasteiger charge is -2.20. The van der Waals surface area contributed by atoms with Crippen LogP contribution in [0.2, 0.25) is 0 Å². The van der Waals surface area contributed by atoms with Crippen LogP contribution in [0, 0.1) is 0 Å². The van der Waals surface area contributed by atoms with Crippen LogP contribution in [0.5, 0.6) is 0 Å². The zero-order valence-electron chi connectivity index (χ0n) is 9.33. The number of nitrogens with zero attached hydrogens (tertiary/aromatic N) is 1. The summed E-state index contributed by atoms with van der Waals surface area (Å²) in [7, 11) is 3.63. The lowest BCUT2D eigenvalue weighted by molar-refractivity contribution is -0.123. The second kappa shape index (κ2) is 6.11. The van der Waals surface area contributed by atoms with Crippen molar-refractivity contribution in [3.05, 3.63) is 0 Å². The first-order valence-corrected chi connectivity index (χ1v) is 4.90. The highest BCUT2D eigenvalue weighted by Gasteiger charge is 2.34. The van der Waals surface area contributed by atoms with Gasteiger partial charge in [-0.15, -0.1) is 0 Å². The van der Waals surface area contributed by atoms with Gasteiger partial charge in [-0.2, -0.15) is 0 Å². The smallest absolute Gasteiger partial charge is 0.149 e. The van der Waals surface area contributed by atoms with Crippen molar-refractivity contribution in [2.45, 2.75) is 39.3 Å². The Hall–Kier alpha value is -0.410. The molecular weight excluding hydrogens is 166 g/mol. The van der Waals surface area contributed by atoms with E-state index in [1.54, 1.807) is 14.0 Å². The molecule has 3 nitrogen and oxygen atoms in total. The quantitative estimate of drug-likeness (QED) is 0.653. The van der Waals surface area contributed by atoms with Gasteiger partial charge in [0.25, 0.3) is 0 Å². The number of hydrogen-bond acceptors (Lipinski definition) is 3. The van der Waals surface area contributed by atoms with Crippen LogP contribution < -0.4 is 0 Å². The topological polar surface area (TPSA) is 29.5 Å². The van der Waals surface area contributed by atoms with E-state index in [4.69, 9.17) is 4.74 Å². The number of rotatable bonds is 2. The molecule has 78 valence electrons. The van der Waals surface area contributed by atoms with Crippen molar-refractivity contribution in [2.24, 2.45) is 0 Å². The van der Waals surface area contributed by atoms with Crippen molar-refractivity contribution in [3.63, 3.8) is 0 Å². The molecule has 0 aliphatic carbocycles. The minimum Gasteiger partial charge on any atom is -0.379 e. The summed E-state index contributed by atoms with van der Waals surface area (Å²) in [4.78, 5) is 13.2. The van der Waals surface area contributed by atoms with Gasteiger partial charge < -0.3 is 4.74 Å². The van der Waals surface area contributed by atoms with E-state index in [1.165, 1.54) is 0 Å². The van der Waals surface area contributed by atoms with Crippen LogP contribution in [0.25, 0.3) is 0 Å². The number of likely N-dealkylation sites (tertiary alicyclic amines) is 1. The van der Waals surface area contributed by atoms with Gasteiger partial charge in [-0.3, -0.25) is 9.69 Å². The van der Waals surface area contributed by atoms with Crippen LogP contribution in [0.4, 0.5) is 0 Å². The molecule has 0 bridgehead atoms. The number of ketones is 1. The fraction of sp³-hybridized carbons (Fsp3) is 0.900. The van der Waals surface area contributed by atoms with E-state index < -0.39 is 0 Å². The highest BCUT2D eigenvalue weighted by atomic mass is 16.5. The zero-order valence-corrected chi connectivity index (χ0v) is 9.33. The Morgan fingerprint density at radius 3 is 2.31 bits per heavy atom. The molecule has 0 saturated carbocycles. The summed E-state index contributed by atoms with van der Waals surface area (Å²) in [6.45, 7) is 6.58. The summed E-state index contributed by atoms with van der Waals surface area (Å²) in [5.74, 6) is 0.205. The van der Waals surface area contributed by atoms with Gasteiger partial charge in [0.2, 0.25) is 0 Å². The summed E-state index contributed by atoms with van der Waals surface area (Å²) >= 11 is 0. The monoisotopic (exact) mass is 187 g/mol. The third-order valence-electron chi connectivity index (χ3n) is 2.31. The number of Topliss-reactive ketones (excluding diaryl/α,β-unsaturated/α-hetero) is 1. The molecule has 1 rings (SSSR count). The van der Waals surface area contributed by atoms with E-state index in [-0.39, 0.29) is 17.9 Å². The van der Waals surface area contributed by atoms with E-state index >= 15 is 0 Å². The van der Waals surface area contributed by atoms with Crippen molar-refractivity contribution in [1.29, 1.82) is 0 Å². The SMILES string of the molecule is CC.COC1CCN(C)C1C(C)=O. The predicted molar refractivity (Wildman–Crippen MR) is 53.9 cm³/mol. The van der Waals surface area contributed by atoms with Gasteiger partial charge in [0.05, 0.1) is 12.1 Å². The summed E-state index contributed by atoms with van der Waals surface area (Å²) in [5, 5.41) is 0. The van der Waals surface area contributed by atoms with Crippen LogP contribution in [0.15, 0.2) is 0 Å². The lowest BCUT2D eigenvalue weighted by atomic mass is 10.1. The Labute approximate surface area is 81.1 Å². The van der Waals surface area contributed by atoms with Gasteiger partial charge in [0.15, 0.2) is 0 Å². The van der Waals surface area contributed by atoms with Gasteiger partial charge in [-0.25, -0.2) is 0 Å². The van der Waals surface area contributed by atoms with Crippen LogP contribution in [-0.2, 0) is 9.53 Å². The lowest BCUT2D eigenvalue weighted by Crippen LogP contribution is -2.39. The number of carbonyl (C=O) groups is 1. The van der Waals surface area contributed by atoms with Crippen LogP contribution in [0.3, 0.4) is 0 Å². The molecule has 0 radical (unpaired) electrons. The fourth-order valence-electron chi connectivity index (χ4n) is 1.73. The maximum atomic E-state index is 11.1. The Morgan fingerprint density at radius 2 is 2.00 bits per heavy atom. The second-order valence-corrected chi connectivity index (χ2v) is 3.10. The Kier molecular flexibility index (Phi) is 5.91. The first kappa shape index (κ1) is 12.6. The first-order valence-electron chi connectivity index (χ1n) is 4.90. The number of carbonyl (C=O) groups excluding carboxylic acids is 1. The predicted octanol–water partition coefficient (Wildman–Crippen LogP) is 1.32. The Balaban J connectivity index is 0.000000671. The molecule has 2 atom stereocenters. The zero-order chi connectivity index (χ0) is 10.4. The molecule has 0 aromatic heterocycles. The van der Waals surface area contributed by atoms with E-state index in [2.05, 4.69) is 4.90 Å². The maximum absolute atomic E-state index is 11.1. The molecule has 0 amide bonds. The van der Waals surface area contributed by atoms with E-state index in [0.717, 1.165) is 13.0 Å². The highest BCUT2D eigenvalue weighted by molar-refractivity contribution is 5.82. The summed E-state index contributed by atoms with van der Waals surface area (Å²) < 4.78 is 5.19. The average Bonchev–Trinajstić information content (AvgIpc) is 2.50. The third kappa shape index (κ3) is 3.08. The van der Waals surface area contributed by atoms with Crippen molar-refractivity contribution < 1.29 is 9.53 Å². The van der Waals surface area contributed by atoms with Crippen LogP contribution in [-0.4, -0.2) is 43.5 Å². The highest BCUT2D eigenvalue weighted by Crippen LogP contribution is 2.18. The molecule has 13 heavy (non-hydrogen) atoms. The molecule has 1 aliphatic heterocycles. The molecule has 1 saturated heterocycles. The first-order chi connectivity index (χ1) is 6.16. The molecule has 0 aromatic rings. The van der Waals surface area contributed by atoms with E-state index in [0.29, 0.717) is 0 Å². The number of methoxy groups -OCH3 is 1. The molecule has 0 aromatic carbocycles. The molecule has 1 heterocycles. The number of ether oxygens (including phenoxy) is 1. The van der Waals surface area contributed by atoms with Crippen molar-refractivity contribution >= 4 is 5.78 Å². The fourth-order valence-corrected chi connectivity index (χ4v) is 1.73. The summed E-state index contributed by atoms with van der Waals surface area (Å²) in [5.41, 5.74) is 0.